The van der Waals surface area contributed by atoms with Crippen LogP contribution in [0.4, 0.5) is 0 Å². The Hall–Kier alpha value is -0.720. The molecule has 2 aromatic rings. The molecule has 0 aliphatic carbocycles. The van der Waals surface area contributed by atoms with Crippen molar-refractivity contribution >= 4 is 31.9 Å². The number of pyridine rings is 1. The predicted molar refractivity (Wildman–Crippen MR) is 83.0 cm³/mol. The Morgan fingerprint density at radius 2 is 2.16 bits per heavy atom. The fraction of sp³-hybridized carbons (Fsp3) is 0.385. The van der Waals surface area contributed by atoms with E-state index in [9.17, 15) is 0 Å². The quantitative estimate of drug-likeness (QED) is 0.855. The summed E-state index contributed by atoms with van der Waals surface area (Å²) in [5, 5.41) is 7.61. The highest BCUT2D eigenvalue weighted by molar-refractivity contribution is 9.11. The molecule has 0 saturated heterocycles. The molecule has 0 aromatic carbocycles. The van der Waals surface area contributed by atoms with Gasteiger partial charge in [0.05, 0.1) is 17.9 Å². The molecule has 102 valence electrons. The van der Waals surface area contributed by atoms with E-state index in [0.29, 0.717) is 0 Å². The molecule has 0 amide bonds. The first-order valence-corrected chi connectivity index (χ1v) is 7.72. The molecular weight excluding hydrogens is 372 g/mol. The number of aryl methyl sites for hydroxylation is 1. The van der Waals surface area contributed by atoms with Crippen LogP contribution < -0.4 is 5.32 Å². The van der Waals surface area contributed by atoms with E-state index >= 15 is 0 Å². The summed E-state index contributed by atoms with van der Waals surface area (Å²) < 4.78 is 3.91. The lowest BCUT2D eigenvalue weighted by Gasteiger charge is -2.16. The van der Waals surface area contributed by atoms with E-state index < -0.39 is 0 Å². The van der Waals surface area contributed by atoms with Crippen molar-refractivity contribution in [2.24, 2.45) is 0 Å². The number of hydrogen-bond acceptors (Lipinski definition) is 3. The van der Waals surface area contributed by atoms with Gasteiger partial charge < -0.3 is 5.32 Å². The van der Waals surface area contributed by atoms with Crippen LogP contribution in [0.25, 0.3) is 0 Å². The normalized spacial score (nSPS) is 12.6. The molecule has 2 rings (SSSR count). The van der Waals surface area contributed by atoms with Gasteiger partial charge in [0, 0.05) is 27.9 Å². The van der Waals surface area contributed by atoms with Gasteiger partial charge in [-0.05, 0) is 63.9 Å². The molecule has 0 aliphatic rings. The summed E-state index contributed by atoms with van der Waals surface area (Å²) in [4.78, 5) is 4.49. The van der Waals surface area contributed by atoms with Crippen LogP contribution in [0.15, 0.2) is 33.6 Å². The third kappa shape index (κ3) is 3.64. The highest BCUT2D eigenvalue weighted by Crippen LogP contribution is 2.26. The lowest BCUT2D eigenvalue weighted by atomic mass is 10.1. The van der Waals surface area contributed by atoms with Gasteiger partial charge in [0.25, 0.3) is 0 Å². The lowest BCUT2D eigenvalue weighted by Crippen LogP contribution is -2.20. The Morgan fingerprint density at radius 3 is 2.74 bits per heavy atom. The molecule has 0 spiro atoms. The summed E-state index contributed by atoms with van der Waals surface area (Å²) in [5.74, 6) is 0. The van der Waals surface area contributed by atoms with Gasteiger partial charge >= 0.3 is 0 Å². The Kier molecular flexibility index (Phi) is 5.13. The zero-order valence-electron chi connectivity index (χ0n) is 10.9. The third-order valence-electron chi connectivity index (χ3n) is 2.97. The van der Waals surface area contributed by atoms with Crippen LogP contribution in [0.5, 0.6) is 0 Å². The molecule has 1 atom stereocenters. The average Bonchev–Trinajstić information content (AvgIpc) is 2.84. The number of nitrogens with one attached hydrogen (secondary N) is 1. The van der Waals surface area contributed by atoms with E-state index in [-0.39, 0.29) is 6.04 Å². The molecular formula is C13H16Br2N4. The highest BCUT2D eigenvalue weighted by Gasteiger charge is 2.16. The van der Waals surface area contributed by atoms with E-state index in [4.69, 9.17) is 0 Å². The molecule has 0 fully saturated rings. The highest BCUT2D eigenvalue weighted by atomic mass is 79.9. The minimum absolute atomic E-state index is 0.164. The van der Waals surface area contributed by atoms with Gasteiger partial charge in [0.15, 0.2) is 0 Å². The second-order valence-electron chi connectivity index (χ2n) is 4.27. The average molecular weight is 388 g/mol. The van der Waals surface area contributed by atoms with Crippen molar-refractivity contribution < 1.29 is 0 Å². The van der Waals surface area contributed by atoms with Gasteiger partial charge in [-0.1, -0.05) is 0 Å². The largest absolute Gasteiger partial charge is 0.311 e. The Balaban J connectivity index is 2.19. The van der Waals surface area contributed by atoms with Crippen LogP contribution in [0.3, 0.4) is 0 Å². The number of halogens is 2. The monoisotopic (exact) mass is 386 g/mol. The molecule has 1 unspecified atom stereocenters. The lowest BCUT2D eigenvalue weighted by molar-refractivity contribution is 0.572. The molecule has 6 heteroatoms. The van der Waals surface area contributed by atoms with E-state index in [1.165, 1.54) is 5.56 Å². The van der Waals surface area contributed by atoms with E-state index in [0.717, 1.165) is 27.6 Å². The molecule has 0 aliphatic heterocycles. The molecule has 1 N–H and O–H groups in total. The fourth-order valence-electron chi connectivity index (χ4n) is 1.94. The fourth-order valence-corrected chi connectivity index (χ4v) is 3.20. The molecule has 4 nitrogen and oxygen atoms in total. The first-order chi connectivity index (χ1) is 9.13. The first-order valence-electron chi connectivity index (χ1n) is 6.13. The van der Waals surface area contributed by atoms with Gasteiger partial charge in [0.2, 0.25) is 0 Å². The summed E-state index contributed by atoms with van der Waals surface area (Å²) in [6.45, 7) is 2.98. The summed E-state index contributed by atoms with van der Waals surface area (Å²) in [6.07, 6.45) is 6.68. The van der Waals surface area contributed by atoms with Crippen LogP contribution in [-0.2, 0) is 13.0 Å². The topological polar surface area (TPSA) is 42.7 Å². The Morgan fingerprint density at radius 1 is 1.37 bits per heavy atom. The van der Waals surface area contributed by atoms with Gasteiger partial charge in [0.1, 0.15) is 0 Å². The first kappa shape index (κ1) is 14.7. The molecule has 19 heavy (non-hydrogen) atoms. The molecule has 0 bridgehead atoms. The third-order valence-corrected chi connectivity index (χ3v) is 4.03. The number of rotatable bonds is 5. The number of hydrogen-bond donors (Lipinski definition) is 1. The van der Waals surface area contributed by atoms with Crippen LogP contribution >= 0.6 is 31.9 Å². The van der Waals surface area contributed by atoms with E-state index in [1.54, 1.807) is 0 Å². The van der Waals surface area contributed by atoms with Gasteiger partial charge in [-0.15, -0.1) is 0 Å². The van der Waals surface area contributed by atoms with Crippen molar-refractivity contribution in [2.75, 3.05) is 7.05 Å². The standard InChI is InChI=1S/C13H16Br2N4/c1-3-19-8-9(6-18-19)4-12(16-2)13-11(15)5-10(14)7-17-13/h5-8,12,16H,3-4H2,1-2H3. The second kappa shape index (κ2) is 6.63. The number of aromatic nitrogens is 3. The van der Waals surface area contributed by atoms with Gasteiger partial charge in [-0.25, -0.2) is 0 Å². The van der Waals surface area contributed by atoms with Crippen LogP contribution in [-0.4, -0.2) is 21.8 Å². The SMILES string of the molecule is CCn1cc(CC(NC)c2ncc(Br)cc2Br)cn1. The van der Waals surface area contributed by atoms with Crippen LogP contribution in [0.2, 0.25) is 0 Å². The summed E-state index contributed by atoms with van der Waals surface area (Å²) in [7, 11) is 1.95. The maximum absolute atomic E-state index is 4.49. The van der Waals surface area contributed by atoms with E-state index in [2.05, 4.69) is 60.4 Å². The second-order valence-corrected chi connectivity index (χ2v) is 6.04. The maximum atomic E-state index is 4.49. The van der Waals surface area contributed by atoms with Crippen molar-refractivity contribution in [3.8, 4) is 0 Å². The number of nitrogens with zero attached hydrogens (tertiary/aromatic N) is 3. The zero-order chi connectivity index (χ0) is 13.8. The summed E-state index contributed by atoms with van der Waals surface area (Å²) in [6, 6.07) is 2.18. The van der Waals surface area contributed by atoms with Crippen molar-refractivity contribution in [1.82, 2.24) is 20.1 Å². The smallest absolute Gasteiger partial charge is 0.0719 e. The molecule has 2 heterocycles. The molecule has 0 saturated carbocycles. The Labute approximate surface area is 129 Å². The molecule has 0 radical (unpaired) electrons. The van der Waals surface area contributed by atoms with Crippen LogP contribution in [0.1, 0.15) is 24.2 Å². The molecule has 2 aromatic heterocycles. The summed E-state index contributed by atoms with van der Waals surface area (Å²) in [5.41, 5.74) is 2.22. The van der Waals surface area contributed by atoms with Crippen LogP contribution in [0, 0.1) is 0 Å². The minimum Gasteiger partial charge on any atom is -0.311 e. The minimum atomic E-state index is 0.164. The predicted octanol–water partition coefficient (Wildman–Crippen LogP) is 3.33. The maximum Gasteiger partial charge on any atom is 0.0719 e. The van der Waals surface area contributed by atoms with Crippen molar-refractivity contribution in [3.05, 3.63) is 44.9 Å². The van der Waals surface area contributed by atoms with Crippen molar-refractivity contribution in [2.45, 2.75) is 25.9 Å². The van der Waals surface area contributed by atoms with Gasteiger partial charge in [-0.3, -0.25) is 9.67 Å². The van der Waals surface area contributed by atoms with Gasteiger partial charge in [-0.2, -0.15) is 5.10 Å². The Bertz CT molecular complexity index is 553. The van der Waals surface area contributed by atoms with Crippen molar-refractivity contribution in [1.29, 1.82) is 0 Å². The summed E-state index contributed by atoms with van der Waals surface area (Å²) >= 11 is 6.99. The van der Waals surface area contributed by atoms with E-state index in [1.807, 2.05) is 30.2 Å². The number of likely N-dealkylation sites (N-methyl/N-ethyl adjacent to an activating group) is 1. The zero-order valence-corrected chi connectivity index (χ0v) is 14.1. The van der Waals surface area contributed by atoms with Crippen molar-refractivity contribution in [3.63, 3.8) is 0 Å².